The van der Waals surface area contributed by atoms with Gasteiger partial charge in [0.2, 0.25) is 0 Å². The van der Waals surface area contributed by atoms with Gasteiger partial charge in [-0.05, 0) is 43.1 Å². The molecule has 0 saturated carbocycles. The van der Waals surface area contributed by atoms with Crippen LogP contribution in [0.5, 0.6) is 0 Å². The van der Waals surface area contributed by atoms with Gasteiger partial charge in [-0.15, -0.1) is 12.4 Å². The van der Waals surface area contributed by atoms with Gasteiger partial charge in [-0.2, -0.15) is 0 Å². The largest absolute Gasteiger partial charge is 0.310 e. The van der Waals surface area contributed by atoms with Gasteiger partial charge in [0.1, 0.15) is 0 Å². The number of benzene rings is 1. The maximum atomic E-state index is 5.99. The second-order valence-corrected chi connectivity index (χ2v) is 4.96. The molecule has 15 heavy (non-hydrogen) atoms. The van der Waals surface area contributed by atoms with Crippen LogP contribution in [0.3, 0.4) is 0 Å². The highest BCUT2D eigenvalue weighted by atomic mass is 79.9. The molecule has 1 nitrogen and oxygen atoms in total. The van der Waals surface area contributed by atoms with Gasteiger partial charge in [0.05, 0.1) is 0 Å². The summed E-state index contributed by atoms with van der Waals surface area (Å²) in [5.41, 5.74) is 1.29. The van der Waals surface area contributed by atoms with Crippen LogP contribution >= 0.6 is 39.9 Å². The summed E-state index contributed by atoms with van der Waals surface area (Å²) >= 11 is 9.55. The fourth-order valence-corrected chi connectivity index (χ4v) is 2.60. The Balaban J connectivity index is 0.00000112. The van der Waals surface area contributed by atoms with Crippen LogP contribution in [0.25, 0.3) is 0 Å². The first-order valence-corrected chi connectivity index (χ1v) is 6.13. The summed E-state index contributed by atoms with van der Waals surface area (Å²) in [6.07, 6.45) is 3.80. The summed E-state index contributed by atoms with van der Waals surface area (Å²) in [6.45, 7) is 1.11. The van der Waals surface area contributed by atoms with E-state index in [9.17, 15) is 0 Å². The predicted octanol–water partition coefficient (Wildman–Crippen LogP) is 4.34. The third-order valence-corrected chi connectivity index (χ3v) is 3.60. The van der Waals surface area contributed by atoms with Gasteiger partial charge in [0, 0.05) is 15.5 Å². The van der Waals surface area contributed by atoms with Crippen molar-refractivity contribution in [3.05, 3.63) is 33.3 Å². The molecule has 0 spiro atoms. The van der Waals surface area contributed by atoms with E-state index in [1.54, 1.807) is 0 Å². The smallest absolute Gasteiger partial charge is 0.0410 e. The zero-order chi connectivity index (χ0) is 9.97. The standard InChI is InChI=1S/C11H13BrClN.ClH/c12-10-5-4-8(13)7-9(10)11-3-1-2-6-14-11;/h4-5,7,11,14H,1-3,6H2;1H/t11-;/m1./s1. The number of hydrogen-bond acceptors (Lipinski definition) is 1. The average molecular weight is 311 g/mol. The molecule has 0 amide bonds. The number of piperidine rings is 1. The molecular formula is C11H14BrCl2N. The Morgan fingerprint density at radius 2 is 2.13 bits per heavy atom. The first-order valence-electron chi connectivity index (χ1n) is 4.96. The van der Waals surface area contributed by atoms with Crippen LogP contribution in [-0.2, 0) is 0 Å². The van der Waals surface area contributed by atoms with E-state index in [-0.39, 0.29) is 12.4 Å². The Kier molecular flexibility index (Phi) is 5.41. The molecule has 0 aliphatic carbocycles. The van der Waals surface area contributed by atoms with Crippen molar-refractivity contribution in [1.82, 2.24) is 5.32 Å². The second kappa shape index (κ2) is 6.09. The highest BCUT2D eigenvalue weighted by molar-refractivity contribution is 9.10. The van der Waals surface area contributed by atoms with E-state index >= 15 is 0 Å². The van der Waals surface area contributed by atoms with E-state index < -0.39 is 0 Å². The minimum Gasteiger partial charge on any atom is -0.310 e. The van der Waals surface area contributed by atoms with Crippen molar-refractivity contribution in [3.63, 3.8) is 0 Å². The Bertz CT molecular complexity index is 324. The van der Waals surface area contributed by atoms with Gasteiger partial charge in [0.25, 0.3) is 0 Å². The van der Waals surface area contributed by atoms with Gasteiger partial charge >= 0.3 is 0 Å². The summed E-state index contributed by atoms with van der Waals surface area (Å²) in [7, 11) is 0. The summed E-state index contributed by atoms with van der Waals surface area (Å²) in [6, 6.07) is 6.46. The van der Waals surface area contributed by atoms with Crippen LogP contribution in [0, 0.1) is 0 Å². The molecule has 0 aromatic heterocycles. The van der Waals surface area contributed by atoms with Gasteiger partial charge in [-0.25, -0.2) is 0 Å². The van der Waals surface area contributed by atoms with Crippen molar-refractivity contribution in [2.75, 3.05) is 6.54 Å². The summed E-state index contributed by atoms with van der Waals surface area (Å²) < 4.78 is 1.15. The number of rotatable bonds is 1. The van der Waals surface area contributed by atoms with E-state index in [1.807, 2.05) is 12.1 Å². The molecule has 84 valence electrons. The minimum atomic E-state index is 0. The van der Waals surface area contributed by atoms with E-state index in [1.165, 1.54) is 24.8 Å². The first-order chi connectivity index (χ1) is 6.77. The van der Waals surface area contributed by atoms with Gasteiger partial charge in [0.15, 0.2) is 0 Å². The van der Waals surface area contributed by atoms with Crippen molar-refractivity contribution < 1.29 is 0 Å². The molecule has 1 atom stereocenters. The van der Waals surface area contributed by atoms with Crippen molar-refractivity contribution in [1.29, 1.82) is 0 Å². The summed E-state index contributed by atoms with van der Waals surface area (Å²) in [5, 5.41) is 4.33. The van der Waals surface area contributed by atoms with E-state index in [4.69, 9.17) is 11.6 Å². The lowest BCUT2D eigenvalue weighted by Gasteiger charge is -2.24. The molecule has 0 unspecified atom stereocenters. The first kappa shape index (κ1) is 13.3. The average Bonchev–Trinajstić information content (AvgIpc) is 2.23. The number of hydrogen-bond donors (Lipinski definition) is 1. The molecule has 1 heterocycles. The monoisotopic (exact) mass is 309 g/mol. The van der Waals surface area contributed by atoms with E-state index in [0.29, 0.717) is 6.04 Å². The van der Waals surface area contributed by atoms with Crippen molar-refractivity contribution in [2.24, 2.45) is 0 Å². The number of nitrogens with one attached hydrogen (secondary N) is 1. The van der Waals surface area contributed by atoms with Crippen molar-refractivity contribution in [2.45, 2.75) is 25.3 Å². The molecule has 0 radical (unpaired) electrons. The van der Waals surface area contributed by atoms with Crippen LogP contribution in [0.1, 0.15) is 30.9 Å². The highest BCUT2D eigenvalue weighted by Gasteiger charge is 2.16. The quantitative estimate of drug-likeness (QED) is 0.813. The topological polar surface area (TPSA) is 12.0 Å². The molecule has 1 aromatic rings. The lowest BCUT2D eigenvalue weighted by atomic mass is 9.98. The zero-order valence-corrected chi connectivity index (χ0v) is 11.5. The molecule has 1 saturated heterocycles. The van der Waals surface area contributed by atoms with Crippen LogP contribution < -0.4 is 5.32 Å². The fraction of sp³-hybridized carbons (Fsp3) is 0.455. The third-order valence-electron chi connectivity index (χ3n) is 2.64. The van der Waals surface area contributed by atoms with Crippen molar-refractivity contribution in [3.8, 4) is 0 Å². The molecule has 1 N–H and O–H groups in total. The molecule has 1 fully saturated rings. The summed E-state index contributed by atoms with van der Waals surface area (Å²) in [5.74, 6) is 0. The minimum absolute atomic E-state index is 0. The second-order valence-electron chi connectivity index (χ2n) is 3.67. The van der Waals surface area contributed by atoms with Crippen LogP contribution in [0.15, 0.2) is 22.7 Å². The fourth-order valence-electron chi connectivity index (χ4n) is 1.90. The van der Waals surface area contributed by atoms with Gasteiger partial charge < -0.3 is 5.32 Å². The Morgan fingerprint density at radius 3 is 2.80 bits per heavy atom. The highest BCUT2D eigenvalue weighted by Crippen LogP contribution is 2.31. The van der Waals surface area contributed by atoms with E-state index in [2.05, 4.69) is 27.3 Å². The predicted molar refractivity (Wildman–Crippen MR) is 71.0 cm³/mol. The van der Waals surface area contributed by atoms with Crippen LogP contribution in [0.2, 0.25) is 5.02 Å². The lowest BCUT2D eigenvalue weighted by molar-refractivity contribution is 0.411. The normalized spacial score (nSPS) is 20.8. The maximum absolute atomic E-state index is 5.99. The third kappa shape index (κ3) is 3.35. The molecule has 2 rings (SSSR count). The molecule has 4 heteroatoms. The lowest BCUT2D eigenvalue weighted by Crippen LogP contribution is -2.26. The molecular weight excluding hydrogens is 297 g/mol. The molecule has 0 bridgehead atoms. The van der Waals surface area contributed by atoms with Gasteiger partial charge in [-0.3, -0.25) is 0 Å². The molecule has 1 aliphatic rings. The summed E-state index contributed by atoms with van der Waals surface area (Å²) in [4.78, 5) is 0. The zero-order valence-electron chi connectivity index (χ0n) is 8.30. The molecule has 1 aliphatic heterocycles. The Labute approximate surface area is 110 Å². The Hall–Kier alpha value is 0.240. The van der Waals surface area contributed by atoms with Crippen LogP contribution in [0.4, 0.5) is 0 Å². The maximum Gasteiger partial charge on any atom is 0.0410 e. The number of halogens is 3. The van der Waals surface area contributed by atoms with Gasteiger partial charge in [-0.1, -0.05) is 34.0 Å². The van der Waals surface area contributed by atoms with Crippen LogP contribution in [-0.4, -0.2) is 6.54 Å². The SMILES string of the molecule is Cl.Clc1ccc(Br)c([C@H]2CCCCN2)c1. The Morgan fingerprint density at radius 1 is 1.33 bits per heavy atom. The van der Waals surface area contributed by atoms with E-state index in [0.717, 1.165) is 16.0 Å². The van der Waals surface area contributed by atoms with Crippen molar-refractivity contribution >= 4 is 39.9 Å². The molecule has 1 aromatic carbocycles.